The third-order valence-electron chi connectivity index (χ3n) is 5.06. The lowest BCUT2D eigenvalue weighted by Gasteiger charge is -2.27. The maximum atomic E-state index is 13.2. The highest BCUT2D eigenvalue weighted by atomic mass is 16.6. The van der Waals surface area contributed by atoms with E-state index in [0.29, 0.717) is 30.3 Å². The van der Waals surface area contributed by atoms with Crippen LogP contribution < -0.4 is 18.9 Å². The van der Waals surface area contributed by atoms with Crippen LogP contribution in [0.1, 0.15) is 34.8 Å². The van der Waals surface area contributed by atoms with Crippen molar-refractivity contribution in [3.8, 4) is 23.0 Å². The molecule has 0 aliphatic carbocycles. The van der Waals surface area contributed by atoms with Crippen molar-refractivity contribution in [3.63, 3.8) is 0 Å². The third-order valence-corrected chi connectivity index (χ3v) is 5.06. The maximum Gasteiger partial charge on any atom is 0.254 e. The Morgan fingerprint density at radius 1 is 1.00 bits per heavy atom. The zero-order valence-corrected chi connectivity index (χ0v) is 15.6. The molecule has 0 unspecified atom stereocenters. The van der Waals surface area contributed by atoms with Crippen LogP contribution in [0.4, 0.5) is 0 Å². The van der Waals surface area contributed by atoms with Crippen molar-refractivity contribution in [2.75, 3.05) is 34.0 Å². The first-order valence-corrected chi connectivity index (χ1v) is 9.13. The van der Waals surface area contributed by atoms with E-state index in [0.717, 1.165) is 36.4 Å². The Kier molecular flexibility index (Phi) is 4.79. The molecule has 0 aromatic heterocycles. The quantitative estimate of drug-likeness (QED) is 0.826. The van der Waals surface area contributed by atoms with E-state index in [1.807, 2.05) is 23.1 Å². The van der Waals surface area contributed by atoms with Gasteiger partial charge in [-0.1, -0.05) is 6.07 Å². The molecule has 2 aromatic carbocycles. The number of benzene rings is 2. The number of carbonyl (C=O) groups is 1. The second-order valence-corrected chi connectivity index (χ2v) is 6.66. The zero-order chi connectivity index (χ0) is 18.8. The molecule has 0 spiro atoms. The molecule has 0 saturated carbocycles. The van der Waals surface area contributed by atoms with Gasteiger partial charge in [-0.3, -0.25) is 4.79 Å². The van der Waals surface area contributed by atoms with E-state index in [4.69, 9.17) is 18.9 Å². The number of methoxy groups -OCH3 is 2. The minimum absolute atomic E-state index is 0.0190. The second-order valence-electron chi connectivity index (χ2n) is 6.66. The Morgan fingerprint density at radius 2 is 1.70 bits per heavy atom. The first-order chi connectivity index (χ1) is 13.2. The summed E-state index contributed by atoms with van der Waals surface area (Å²) in [6, 6.07) is 11.2. The number of hydrogen-bond donors (Lipinski definition) is 0. The predicted octanol–water partition coefficient (Wildman–Crippen LogP) is 3.45. The van der Waals surface area contributed by atoms with Gasteiger partial charge in [-0.15, -0.1) is 0 Å². The summed E-state index contributed by atoms with van der Waals surface area (Å²) in [5.74, 6) is 2.70. The average Bonchev–Trinajstić information content (AvgIpc) is 3.22. The lowest BCUT2D eigenvalue weighted by atomic mass is 10.0. The number of likely N-dealkylation sites (tertiary alicyclic amines) is 1. The van der Waals surface area contributed by atoms with Gasteiger partial charge in [0.2, 0.25) is 0 Å². The standard InChI is InChI=1S/C21H23NO5/c1-24-16-10-15(11-17(13-16)25-2)21(23)22-7-3-4-18(22)14-5-6-19-20(12-14)27-9-8-26-19/h5-6,10-13,18H,3-4,7-9H2,1-2H3/t18-/m0/s1. The summed E-state index contributed by atoms with van der Waals surface area (Å²) in [5.41, 5.74) is 1.63. The Morgan fingerprint density at radius 3 is 2.41 bits per heavy atom. The monoisotopic (exact) mass is 369 g/mol. The van der Waals surface area contributed by atoms with Crippen LogP contribution >= 0.6 is 0 Å². The Bertz CT molecular complexity index is 828. The van der Waals surface area contributed by atoms with Gasteiger partial charge < -0.3 is 23.8 Å². The summed E-state index contributed by atoms with van der Waals surface area (Å²) in [4.78, 5) is 15.1. The lowest BCUT2D eigenvalue weighted by molar-refractivity contribution is 0.0734. The van der Waals surface area contributed by atoms with Crippen LogP contribution in [0.3, 0.4) is 0 Å². The molecule has 6 nitrogen and oxygen atoms in total. The summed E-state index contributed by atoms with van der Waals surface area (Å²) in [7, 11) is 3.16. The fraction of sp³-hybridized carbons (Fsp3) is 0.381. The van der Waals surface area contributed by atoms with Crippen molar-refractivity contribution in [3.05, 3.63) is 47.5 Å². The molecule has 1 saturated heterocycles. The van der Waals surface area contributed by atoms with Crippen molar-refractivity contribution in [2.45, 2.75) is 18.9 Å². The number of ether oxygens (including phenoxy) is 4. The molecule has 2 aliphatic heterocycles. The molecule has 1 atom stereocenters. The van der Waals surface area contributed by atoms with Gasteiger partial charge in [-0.2, -0.15) is 0 Å². The molecule has 2 aromatic rings. The molecule has 142 valence electrons. The highest BCUT2D eigenvalue weighted by Crippen LogP contribution is 2.39. The fourth-order valence-electron chi connectivity index (χ4n) is 3.72. The topological polar surface area (TPSA) is 57.2 Å². The van der Waals surface area contributed by atoms with E-state index < -0.39 is 0 Å². The van der Waals surface area contributed by atoms with Gasteiger partial charge in [-0.05, 0) is 42.7 Å². The molecule has 6 heteroatoms. The first kappa shape index (κ1) is 17.5. The number of fused-ring (bicyclic) bond motifs is 1. The molecule has 1 fully saturated rings. The number of hydrogen-bond acceptors (Lipinski definition) is 5. The highest BCUT2D eigenvalue weighted by molar-refractivity contribution is 5.95. The Labute approximate surface area is 158 Å². The molecule has 4 rings (SSSR count). The van der Waals surface area contributed by atoms with Crippen LogP contribution in [0.5, 0.6) is 23.0 Å². The summed E-state index contributed by atoms with van der Waals surface area (Å²) < 4.78 is 21.9. The van der Waals surface area contributed by atoms with Crippen LogP contribution in [-0.4, -0.2) is 44.8 Å². The van der Waals surface area contributed by atoms with Crippen molar-refractivity contribution in [2.24, 2.45) is 0 Å². The minimum atomic E-state index is -0.0235. The van der Waals surface area contributed by atoms with Gasteiger partial charge in [0.25, 0.3) is 5.91 Å². The van der Waals surface area contributed by atoms with Crippen molar-refractivity contribution >= 4 is 5.91 Å². The predicted molar refractivity (Wildman–Crippen MR) is 100.0 cm³/mol. The highest BCUT2D eigenvalue weighted by Gasteiger charge is 2.32. The van der Waals surface area contributed by atoms with Crippen LogP contribution in [0, 0.1) is 0 Å². The number of rotatable bonds is 4. The smallest absolute Gasteiger partial charge is 0.254 e. The molecule has 2 heterocycles. The van der Waals surface area contributed by atoms with Crippen LogP contribution in [-0.2, 0) is 0 Å². The molecular formula is C21H23NO5. The van der Waals surface area contributed by atoms with E-state index >= 15 is 0 Å². The molecule has 2 aliphatic rings. The molecule has 0 N–H and O–H groups in total. The Balaban J connectivity index is 1.62. The van der Waals surface area contributed by atoms with Gasteiger partial charge in [0.15, 0.2) is 11.5 Å². The van der Waals surface area contributed by atoms with Crippen molar-refractivity contribution < 1.29 is 23.7 Å². The summed E-state index contributed by atoms with van der Waals surface area (Å²) in [5, 5.41) is 0. The lowest BCUT2D eigenvalue weighted by Crippen LogP contribution is -2.30. The van der Waals surface area contributed by atoms with Crippen LogP contribution in [0.25, 0.3) is 0 Å². The number of nitrogens with zero attached hydrogens (tertiary/aromatic N) is 1. The third kappa shape index (κ3) is 3.39. The zero-order valence-electron chi connectivity index (χ0n) is 15.6. The minimum Gasteiger partial charge on any atom is -0.497 e. The fourth-order valence-corrected chi connectivity index (χ4v) is 3.72. The summed E-state index contributed by atoms with van der Waals surface area (Å²) in [6.07, 6.45) is 1.89. The molecule has 0 bridgehead atoms. The van der Waals surface area contributed by atoms with E-state index in [2.05, 4.69) is 0 Å². The average molecular weight is 369 g/mol. The van der Waals surface area contributed by atoms with Crippen LogP contribution in [0.15, 0.2) is 36.4 Å². The molecular weight excluding hydrogens is 346 g/mol. The van der Waals surface area contributed by atoms with Crippen molar-refractivity contribution in [1.29, 1.82) is 0 Å². The largest absolute Gasteiger partial charge is 0.497 e. The summed E-state index contributed by atoms with van der Waals surface area (Å²) in [6.45, 7) is 1.84. The molecule has 27 heavy (non-hydrogen) atoms. The number of amides is 1. The normalized spacial score (nSPS) is 18.3. The maximum absolute atomic E-state index is 13.2. The second kappa shape index (κ2) is 7.39. The SMILES string of the molecule is COc1cc(OC)cc(C(=O)N2CCC[C@H]2c2ccc3c(c2)OCCO3)c1. The van der Waals surface area contributed by atoms with E-state index in [9.17, 15) is 4.79 Å². The van der Waals surface area contributed by atoms with Crippen molar-refractivity contribution in [1.82, 2.24) is 4.90 Å². The Hall–Kier alpha value is -2.89. The van der Waals surface area contributed by atoms with Gasteiger partial charge >= 0.3 is 0 Å². The number of carbonyl (C=O) groups excluding carboxylic acids is 1. The van der Waals surface area contributed by atoms with E-state index in [1.54, 1.807) is 32.4 Å². The molecule has 1 amide bonds. The summed E-state index contributed by atoms with van der Waals surface area (Å²) >= 11 is 0. The van der Waals surface area contributed by atoms with E-state index in [1.165, 1.54) is 0 Å². The molecule has 0 radical (unpaired) electrons. The van der Waals surface area contributed by atoms with Gasteiger partial charge in [0.05, 0.1) is 20.3 Å². The van der Waals surface area contributed by atoms with E-state index in [-0.39, 0.29) is 11.9 Å². The van der Waals surface area contributed by atoms with Crippen LogP contribution in [0.2, 0.25) is 0 Å². The first-order valence-electron chi connectivity index (χ1n) is 9.13. The van der Waals surface area contributed by atoms with Gasteiger partial charge in [0.1, 0.15) is 24.7 Å². The van der Waals surface area contributed by atoms with Gasteiger partial charge in [-0.25, -0.2) is 0 Å². The van der Waals surface area contributed by atoms with Gasteiger partial charge in [0, 0.05) is 18.2 Å².